The number of hydrogen-bond acceptors (Lipinski definition) is 4. The molecule has 4 nitrogen and oxygen atoms in total. The Morgan fingerprint density at radius 1 is 1.12 bits per heavy atom. The van der Waals surface area contributed by atoms with Crippen LogP contribution in [-0.2, 0) is 4.79 Å². The number of amides is 1. The average molecular weight is 363 g/mol. The number of thiazole rings is 1. The van der Waals surface area contributed by atoms with Crippen molar-refractivity contribution in [2.75, 3.05) is 11.1 Å². The Morgan fingerprint density at radius 2 is 1.81 bits per heavy atom. The standard InChI is InChI=1S/C21H21N3OS/c1-14(2)16-6-3-15(4-7-16)5-12-20(25)24-21-23-19(13-26-21)17-8-10-18(22)11-9-17/h3-14H,22H2,1-2H3,(H,23,24,25)/b12-5+. The van der Waals surface area contributed by atoms with E-state index >= 15 is 0 Å². The predicted molar refractivity (Wildman–Crippen MR) is 110 cm³/mol. The van der Waals surface area contributed by atoms with Crippen molar-refractivity contribution in [1.82, 2.24) is 4.98 Å². The molecule has 5 heteroatoms. The lowest BCUT2D eigenvalue weighted by Crippen LogP contribution is -2.07. The molecule has 0 aliphatic rings. The highest BCUT2D eigenvalue weighted by molar-refractivity contribution is 7.14. The number of carbonyl (C=O) groups is 1. The summed E-state index contributed by atoms with van der Waals surface area (Å²) in [4.78, 5) is 16.6. The number of hydrogen-bond donors (Lipinski definition) is 2. The number of nitrogen functional groups attached to an aromatic ring is 1. The van der Waals surface area contributed by atoms with Crippen molar-refractivity contribution in [1.29, 1.82) is 0 Å². The maximum Gasteiger partial charge on any atom is 0.250 e. The van der Waals surface area contributed by atoms with Crippen LogP contribution in [0, 0.1) is 0 Å². The Kier molecular flexibility index (Phi) is 5.49. The molecule has 0 bridgehead atoms. The SMILES string of the molecule is CC(C)c1ccc(/C=C/C(=O)Nc2nc(-c3ccc(N)cc3)cs2)cc1. The Balaban J connectivity index is 1.62. The molecule has 2 aromatic carbocycles. The normalized spacial score (nSPS) is 11.2. The molecule has 0 saturated carbocycles. The Morgan fingerprint density at radius 3 is 2.46 bits per heavy atom. The first-order valence-electron chi connectivity index (χ1n) is 8.42. The van der Waals surface area contributed by atoms with E-state index in [0.717, 1.165) is 16.8 Å². The summed E-state index contributed by atoms with van der Waals surface area (Å²) in [6.45, 7) is 4.32. The highest BCUT2D eigenvalue weighted by Crippen LogP contribution is 2.25. The van der Waals surface area contributed by atoms with Crippen LogP contribution in [0.5, 0.6) is 0 Å². The molecule has 0 saturated heterocycles. The zero-order valence-electron chi connectivity index (χ0n) is 14.8. The lowest BCUT2D eigenvalue weighted by Gasteiger charge is -2.04. The summed E-state index contributed by atoms with van der Waals surface area (Å²) in [6, 6.07) is 15.7. The fourth-order valence-electron chi connectivity index (χ4n) is 2.43. The van der Waals surface area contributed by atoms with Gasteiger partial charge in [-0.25, -0.2) is 4.98 Å². The van der Waals surface area contributed by atoms with Gasteiger partial charge in [-0.15, -0.1) is 11.3 Å². The second-order valence-electron chi connectivity index (χ2n) is 6.30. The van der Waals surface area contributed by atoms with Crippen LogP contribution in [0.4, 0.5) is 10.8 Å². The number of nitrogens with two attached hydrogens (primary N) is 1. The van der Waals surface area contributed by atoms with E-state index in [-0.39, 0.29) is 5.91 Å². The number of aromatic nitrogens is 1. The minimum absolute atomic E-state index is 0.198. The first kappa shape index (κ1) is 17.9. The molecule has 3 aromatic rings. The maximum absolute atomic E-state index is 12.1. The predicted octanol–water partition coefficient (Wildman–Crippen LogP) is 5.17. The third kappa shape index (κ3) is 4.58. The van der Waals surface area contributed by atoms with Crippen molar-refractivity contribution >= 4 is 34.1 Å². The molecule has 0 radical (unpaired) electrons. The molecular weight excluding hydrogens is 342 g/mol. The minimum Gasteiger partial charge on any atom is -0.399 e. The topological polar surface area (TPSA) is 68.0 Å². The fraction of sp³-hybridized carbons (Fsp3) is 0.143. The Labute approximate surface area is 157 Å². The zero-order chi connectivity index (χ0) is 18.5. The third-order valence-corrected chi connectivity index (χ3v) is 4.73. The molecule has 132 valence electrons. The van der Waals surface area contributed by atoms with E-state index in [1.165, 1.54) is 23.0 Å². The van der Waals surface area contributed by atoms with Gasteiger partial charge in [-0.2, -0.15) is 0 Å². The van der Waals surface area contributed by atoms with Crippen LogP contribution in [0.2, 0.25) is 0 Å². The Bertz CT molecular complexity index is 909. The molecule has 0 atom stereocenters. The van der Waals surface area contributed by atoms with E-state index in [2.05, 4.69) is 36.3 Å². The van der Waals surface area contributed by atoms with Gasteiger partial charge in [0.15, 0.2) is 5.13 Å². The summed E-state index contributed by atoms with van der Waals surface area (Å²) in [6.07, 6.45) is 3.32. The molecule has 0 aliphatic heterocycles. The average Bonchev–Trinajstić information content (AvgIpc) is 3.09. The van der Waals surface area contributed by atoms with E-state index in [0.29, 0.717) is 16.7 Å². The van der Waals surface area contributed by atoms with Crippen molar-refractivity contribution < 1.29 is 4.79 Å². The van der Waals surface area contributed by atoms with Gasteiger partial charge in [-0.05, 0) is 35.3 Å². The molecule has 3 rings (SSSR count). The minimum atomic E-state index is -0.198. The van der Waals surface area contributed by atoms with Crippen molar-refractivity contribution in [2.24, 2.45) is 0 Å². The second-order valence-corrected chi connectivity index (χ2v) is 7.16. The zero-order valence-corrected chi connectivity index (χ0v) is 15.6. The van der Waals surface area contributed by atoms with Crippen LogP contribution in [0.3, 0.4) is 0 Å². The van der Waals surface area contributed by atoms with E-state index < -0.39 is 0 Å². The monoisotopic (exact) mass is 363 g/mol. The number of nitrogens with zero attached hydrogens (tertiary/aromatic N) is 1. The second kappa shape index (κ2) is 7.97. The Hall–Kier alpha value is -2.92. The van der Waals surface area contributed by atoms with Gasteiger partial charge in [0.2, 0.25) is 5.91 Å². The summed E-state index contributed by atoms with van der Waals surface area (Å²) >= 11 is 1.40. The van der Waals surface area contributed by atoms with Crippen LogP contribution < -0.4 is 11.1 Å². The van der Waals surface area contributed by atoms with Gasteiger partial charge >= 0.3 is 0 Å². The summed E-state index contributed by atoms with van der Waals surface area (Å²) in [5.74, 6) is 0.299. The van der Waals surface area contributed by atoms with E-state index in [1.807, 2.05) is 41.8 Å². The molecule has 1 amide bonds. The van der Waals surface area contributed by atoms with Gasteiger partial charge in [0.05, 0.1) is 5.69 Å². The van der Waals surface area contributed by atoms with Crippen LogP contribution >= 0.6 is 11.3 Å². The van der Waals surface area contributed by atoms with Gasteiger partial charge in [-0.1, -0.05) is 50.2 Å². The highest BCUT2D eigenvalue weighted by Gasteiger charge is 2.06. The fourth-order valence-corrected chi connectivity index (χ4v) is 3.15. The highest BCUT2D eigenvalue weighted by atomic mass is 32.1. The van der Waals surface area contributed by atoms with Crippen molar-refractivity contribution in [3.63, 3.8) is 0 Å². The molecule has 0 spiro atoms. The largest absolute Gasteiger partial charge is 0.399 e. The van der Waals surface area contributed by atoms with Crippen LogP contribution in [0.25, 0.3) is 17.3 Å². The van der Waals surface area contributed by atoms with E-state index in [1.54, 1.807) is 6.08 Å². The van der Waals surface area contributed by atoms with Crippen molar-refractivity contribution in [3.8, 4) is 11.3 Å². The van der Waals surface area contributed by atoms with Crippen LogP contribution in [-0.4, -0.2) is 10.9 Å². The van der Waals surface area contributed by atoms with Gasteiger partial charge in [0, 0.05) is 22.7 Å². The summed E-state index contributed by atoms with van der Waals surface area (Å²) in [5, 5.41) is 5.28. The number of benzene rings is 2. The number of carbonyl (C=O) groups excluding carboxylic acids is 1. The van der Waals surface area contributed by atoms with Crippen molar-refractivity contribution in [2.45, 2.75) is 19.8 Å². The maximum atomic E-state index is 12.1. The first-order valence-corrected chi connectivity index (χ1v) is 9.29. The van der Waals surface area contributed by atoms with Crippen LogP contribution in [0.1, 0.15) is 30.9 Å². The van der Waals surface area contributed by atoms with Crippen LogP contribution in [0.15, 0.2) is 60.0 Å². The lowest BCUT2D eigenvalue weighted by molar-refractivity contribution is -0.111. The van der Waals surface area contributed by atoms with Gasteiger partial charge in [0.25, 0.3) is 0 Å². The van der Waals surface area contributed by atoms with Gasteiger partial charge in [0.1, 0.15) is 0 Å². The first-order chi connectivity index (χ1) is 12.5. The quantitative estimate of drug-likeness (QED) is 0.485. The molecule has 0 unspecified atom stereocenters. The van der Waals surface area contributed by atoms with E-state index in [4.69, 9.17) is 5.73 Å². The summed E-state index contributed by atoms with van der Waals surface area (Å²) in [7, 11) is 0. The molecule has 0 fully saturated rings. The molecule has 3 N–H and O–H groups in total. The number of anilines is 2. The van der Waals surface area contributed by atoms with Gasteiger partial charge in [-0.3, -0.25) is 10.1 Å². The molecule has 1 heterocycles. The van der Waals surface area contributed by atoms with Crippen molar-refractivity contribution in [3.05, 3.63) is 71.1 Å². The lowest BCUT2D eigenvalue weighted by atomic mass is 10.0. The van der Waals surface area contributed by atoms with Gasteiger partial charge < -0.3 is 5.73 Å². The number of nitrogens with one attached hydrogen (secondary N) is 1. The summed E-state index contributed by atoms with van der Waals surface area (Å²) in [5.41, 5.74) is 10.5. The summed E-state index contributed by atoms with van der Waals surface area (Å²) < 4.78 is 0. The van der Waals surface area contributed by atoms with E-state index in [9.17, 15) is 4.79 Å². The molecular formula is C21H21N3OS. The molecule has 0 aliphatic carbocycles. The number of rotatable bonds is 5. The third-order valence-electron chi connectivity index (χ3n) is 3.97. The smallest absolute Gasteiger partial charge is 0.250 e. The molecule has 1 aromatic heterocycles. The molecule has 26 heavy (non-hydrogen) atoms.